The van der Waals surface area contributed by atoms with Crippen LogP contribution in [0.2, 0.25) is 0 Å². The number of anilines is 1. The van der Waals surface area contributed by atoms with Crippen molar-refractivity contribution >= 4 is 17.5 Å². The maximum atomic E-state index is 13.2. The van der Waals surface area contributed by atoms with Gasteiger partial charge >= 0.3 is 6.18 Å². The lowest BCUT2D eigenvalue weighted by atomic mass is 9.83. The summed E-state index contributed by atoms with van der Waals surface area (Å²) < 4.78 is 44.1. The van der Waals surface area contributed by atoms with E-state index >= 15 is 0 Å². The van der Waals surface area contributed by atoms with Gasteiger partial charge in [0.25, 0.3) is 5.91 Å². The molecule has 5 rings (SSSR count). The number of likely N-dealkylation sites (tertiary alicyclic amines) is 2. The first kappa shape index (κ1) is 24.6. The number of halogens is 3. The van der Waals surface area contributed by atoms with Gasteiger partial charge < -0.3 is 19.4 Å². The fourth-order valence-electron chi connectivity index (χ4n) is 5.56. The summed E-state index contributed by atoms with van der Waals surface area (Å²) in [6.07, 6.45) is -2.62. The zero-order valence-electron chi connectivity index (χ0n) is 20.0. The Bertz CT molecular complexity index is 1080. The summed E-state index contributed by atoms with van der Waals surface area (Å²) in [6, 6.07) is 12.7. The molecule has 2 atom stereocenters. The highest BCUT2D eigenvalue weighted by Gasteiger charge is 2.40. The number of carbonyl (C=O) groups excluding carboxylic acids is 2. The maximum absolute atomic E-state index is 13.2. The molecule has 3 aliphatic rings. The van der Waals surface area contributed by atoms with Crippen molar-refractivity contribution in [3.8, 4) is 0 Å². The van der Waals surface area contributed by atoms with E-state index in [0.29, 0.717) is 56.7 Å². The minimum absolute atomic E-state index is 0.00633. The molecule has 0 aromatic heterocycles. The van der Waals surface area contributed by atoms with Crippen LogP contribution in [0.25, 0.3) is 0 Å². The normalized spacial score (nSPS) is 23.0. The van der Waals surface area contributed by atoms with E-state index in [-0.39, 0.29) is 30.3 Å². The fraction of sp³-hybridized carbons (Fsp3) is 0.481. The van der Waals surface area contributed by atoms with Crippen LogP contribution in [0.3, 0.4) is 0 Å². The largest absolute Gasteiger partial charge is 0.416 e. The molecule has 0 unspecified atom stereocenters. The van der Waals surface area contributed by atoms with Crippen molar-refractivity contribution in [2.24, 2.45) is 5.92 Å². The molecule has 3 saturated heterocycles. The van der Waals surface area contributed by atoms with Crippen LogP contribution < -0.4 is 4.90 Å². The summed E-state index contributed by atoms with van der Waals surface area (Å²) in [6.45, 7) is 4.49. The number of morpholine rings is 1. The molecule has 192 valence electrons. The summed E-state index contributed by atoms with van der Waals surface area (Å²) in [5, 5.41) is 0. The molecule has 0 N–H and O–H groups in total. The van der Waals surface area contributed by atoms with Crippen molar-refractivity contribution in [1.29, 1.82) is 0 Å². The highest BCUT2D eigenvalue weighted by molar-refractivity contribution is 5.94. The number of ether oxygens (including phenoxy) is 1. The molecule has 0 saturated carbocycles. The molecule has 0 spiro atoms. The van der Waals surface area contributed by atoms with Gasteiger partial charge in [0.05, 0.1) is 18.8 Å². The monoisotopic (exact) mass is 501 g/mol. The fourth-order valence-corrected chi connectivity index (χ4v) is 5.56. The van der Waals surface area contributed by atoms with Crippen LogP contribution in [0, 0.1) is 5.92 Å². The van der Waals surface area contributed by atoms with Gasteiger partial charge in [0, 0.05) is 56.4 Å². The van der Waals surface area contributed by atoms with Gasteiger partial charge in [-0.3, -0.25) is 9.59 Å². The summed E-state index contributed by atoms with van der Waals surface area (Å²) in [5.41, 5.74) is 1.71. The topological polar surface area (TPSA) is 53.1 Å². The van der Waals surface area contributed by atoms with Crippen LogP contribution in [0.15, 0.2) is 48.5 Å². The number of alkyl halides is 3. The molecule has 2 aromatic rings. The lowest BCUT2D eigenvalue weighted by molar-refractivity contribution is -0.141. The van der Waals surface area contributed by atoms with E-state index in [1.54, 1.807) is 4.90 Å². The predicted octanol–water partition coefficient (Wildman–Crippen LogP) is 4.20. The molecule has 2 aromatic carbocycles. The van der Waals surface area contributed by atoms with E-state index in [2.05, 4.69) is 4.90 Å². The Hall–Kier alpha value is -3.07. The summed E-state index contributed by atoms with van der Waals surface area (Å²) in [7, 11) is 0. The summed E-state index contributed by atoms with van der Waals surface area (Å²) in [5.74, 6) is 0.172. The average molecular weight is 502 g/mol. The Balaban J connectivity index is 1.22. The minimum Gasteiger partial charge on any atom is -0.378 e. The predicted molar refractivity (Wildman–Crippen MR) is 129 cm³/mol. The molecule has 3 fully saturated rings. The lowest BCUT2D eigenvalue weighted by Crippen LogP contribution is -2.56. The summed E-state index contributed by atoms with van der Waals surface area (Å²) >= 11 is 0. The van der Waals surface area contributed by atoms with E-state index in [4.69, 9.17) is 4.74 Å². The van der Waals surface area contributed by atoms with Crippen LogP contribution in [-0.2, 0) is 22.3 Å². The number of hydrogen-bond donors (Lipinski definition) is 0. The molecule has 36 heavy (non-hydrogen) atoms. The number of fused-ring (bicyclic) bond motifs is 1. The number of hydrogen-bond acceptors (Lipinski definition) is 4. The summed E-state index contributed by atoms with van der Waals surface area (Å²) in [4.78, 5) is 31.9. The second-order valence-corrected chi connectivity index (χ2v) is 9.77. The molecule has 3 aliphatic heterocycles. The van der Waals surface area contributed by atoms with E-state index in [9.17, 15) is 22.8 Å². The van der Waals surface area contributed by atoms with Crippen LogP contribution in [0.1, 0.15) is 40.7 Å². The van der Waals surface area contributed by atoms with Gasteiger partial charge in [-0.25, -0.2) is 0 Å². The van der Waals surface area contributed by atoms with Crippen molar-refractivity contribution in [2.75, 3.05) is 44.3 Å². The number of benzene rings is 2. The second kappa shape index (κ2) is 10.1. The first-order valence-electron chi connectivity index (χ1n) is 12.5. The highest BCUT2D eigenvalue weighted by Crippen LogP contribution is 2.34. The number of nitrogens with zero attached hydrogens (tertiary/aromatic N) is 3. The molecule has 0 radical (unpaired) electrons. The Labute approximate surface area is 208 Å². The average Bonchev–Trinajstić information content (AvgIpc) is 2.90. The minimum atomic E-state index is -4.38. The molecule has 9 heteroatoms. The quantitative estimate of drug-likeness (QED) is 0.631. The van der Waals surface area contributed by atoms with Gasteiger partial charge in [-0.15, -0.1) is 0 Å². The number of piperidine rings is 2. The first-order valence-corrected chi connectivity index (χ1v) is 12.5. The number of amides is 2. The third-order valence-electron chi connectivity index (χ3n) is 7.56. The van der Waals surface area contributed by atoms with Gasteiger partial charge in [-0.05, 0) is 60.7 Å². The molecule has 0 bridgehead atoms. The van der Waals surface area contributed by atoms with Gasteiger partial charge in [0.15, 0.2) is 0 Å². The standard InChI is InChI=1S/C27H30F3N3O3/c28-27(29,30)22-6-1-19(2-7-22)17-33-24-11-12-32(18-21(24)5-10-25(33)34)26(35)20-3-8-23(9-4-20)31-13-15-36-16-14-31/h1-4,6-9,21,24H,5,10-18H2/t21-,24+/m1/s1. The molecular formula is C27H30F3N3O3. The number of carbonyl (C=O) groups is 2. The van der Waals surface area contributed by atoms with Crippen molar-refractivity contribution in [3.05, 3.63) is 65.2 Å². The van der Waals surface area contributed by atoms with E-state index in [1.807, 2.05) is 29.2 Å². The van der Waals surface area contributed by atoms with E-state index in [1.165, 1.54) is 12.1 Å². The van der Waals surface area contributed by atoms with E-state index in [0.717, 1.165) is 30.9 Å². The maximum Gasteiger partial charge on any atom is 0.416 e. The van der Waals surface area contributed by atoms with Gasteiger partial charge in [0.1, 0.15) is 0 Å². The van der Waals surface area contributed by atoms with Crippen molar-refractivity contribution < 1.29 is 27.5 Å². The Morgan fingerprint density at radius 2 is 1.64 bits per heavy atom. The Kier molecular flexibility index (Phi) is 6.92. The van der Waals surface area contributed by atoms with Gasteiger partial charge in [0.2, 0.25) is 5.91 Å². The third-order valence-corrected chi connectivity index (χ3v) is 7.56. The smallest absolute Gasteiger partial charge is 0.378 e. The van der Waals surface area contributed by atoms with Crippen LogP contribution in [-0.4, -0.2) is 67.0 Å². The zero-order chi connectivity index (χ0) is 25.3. The SMILES string of the molecule is O=C(c1ccc(N2CCOCC2)cc1)N1CC[C@H]2[C@H](CCC(=O)N2Cc2ccc(C(F)(F)F)cc2)C1. The Morgan fingerprint density at radius 1 is 0.944 bits per heavy atom. The van der Waals surface area contributed by atoms with E-state index < -0.39 is 11.7 Å². The van der Waals surface area contributed by atoms with Crippen LogP contribution in [0.4, 0.5) is 18.9 Å². The van der Waals surface area contributed by atoms with Crippen LogP contribution >= 0.6 is 0 Å². The van der Waals surface area contributed by atoms with Gasteiger partial charge in [-0.2, -0.15) is 13.2 Å². The molecule has 2 amide bonds. The van der Waals surface area contributed by atoms with Crippen molar-refractivity contribution in [2.45, 2.75) is 38.0 Å². The van der Waals surface area contributed by atoms with Gasteiger partial charge in [-0.1, -0.05) is 12.1 Å². The molecule has 0 aliphatic carbocycles. The first-order chi connectivity index (χ1) is 17.3. The van der Waals surface area contributed by atoms with Crippen molar-refractivity contribution in [3.63, 3.8) is 0 Å². The third kappa shape index (κ3) is 5.21. The molecular weight excluding hydrogens is 471 g/mol. The molecule has 3 heterocycles. The van der Waals surface area contributed by atoms with Crippen LogP contribution in [0.5, 0.6) is 0 Å². The molecule has 6 nitrogen and oxygen atoms in total. The van der Waals surface area contributed by atoms with Crippen molar-refractivity contribution in [1.82, 2.24) is 9.80 Å². The lowest BCUT2D eigenvalue weighted by Gasteiger charge is -2.47. The number of rotatable bonds is 4. The zero-order valence-corrected chi connectivity index (χ0v) is 20.0. The second-order valence-electron chi connectivity index (χ2n) is 9.77. The Morgan fingerprint density at radius 3 is 2.31 bits per heavy atom. The highest BCUT2D eigenvalue weighted by atomic mass is 19.4.